The maximum absolute atomic E-state index is 10.6. The molecule has 0 amide bonds. The van der Waals surface area contributed by atoms with Crippen molar-refractivity contribution >= 4 is 5.97 Å². The molecule has 0 aliphatic carbocycles. The van der Waals surface area contributed by atoms with E-state index in [-0.39, 0.29) is 5.97 Å². The van der Waals surface area contributed by atoms with Gasteiger partial charge in [0.25, 0.3) is 0 Å². The minimum Gasteiger partial charge on any atom is -0.447 e. The second kappa shape index (κ2) is 4.61. The van der Waals surface area contributed by atoms with Crippen LogP contribution in [-0.2, 0) is 9.53 Å². The van der Waals surface area contributed by atoms with Gasteiger partial charge in [0.1, 0.15) is 0 Å². The summed E-state index contributed by atoms with van der Waals surface area (Å²) in [5.74, 6) is 5.35. The zero-order valence-corrected chi connectivity index (χ0v) is 7.81. The number of esters is 1. The molecule has 12 heavy (non-hydrogen) atoms. The van der Waals surface area contributed by atoms with Crippen molar-refractivity contribution in [2.75, 3.05) is 0 Å². The highest BCUT2D eigenvalue weighted by Gasteiger charge is 2.16. The standard InChI is InChI=1S/C10H14O2/c1-5-6-7-8-10(3,4)12-9(2)11/h5H,1,6H2,2-4H3. The number of hydrogen-bond donors (Lipinski definition) is 0. The Kier molecular flexibility index (Phi) is 4.14. The number of allylic oxidation sites excluding steroid dienone is 1. The summed E-state index contributed by atoms with van der Waals surface area (Å²) < 4.78 is 4.94. The van der Waals surface area contributed by atoms with Gasteiger partial charge in [0.15, 0.2) is 5.60 Å². The largest absolute Gasteiger partial charge is 0.447 e. The van der Waals surface area contributed by atoms with Crippen LogP contribution in [0.1, 0.15) is 27.2 Å². The zero-order valence-electron chi connectivity index (χ0n) is 7.81. The van der Waals surface area contributed by atoms with Crippen molar-refractivity contribution < 1.29 is 9.53 Å². The highest BCUT2D eigenvalue weighted by Crippen LogP contribution is 2.07. The maximum Gasteiger partial charge on any atom is 0.304 e. The minimum absolute atomic E-state index is 0.312. The average molecular weight is 166 g/mol. The zero-order chi connectivity index (χ0) is 9.61. The van der Waals surface area contributed by atoms with Crippen LogP contribution >= 0.6 is 0 Å². The lowest BCUT2D eigenvalue weighted by molar-refractivity contribution is -0.148. The normalized spacial score (nSPS) is 9.58. The number of ether oxygens (including phenoxy) is 1. The van der Waals surface area contributed by atoms with E-state index in [9.17, 15) is 4.79 Å². The van der Waals surface area contributed by atoms with Crippen LogP contribution in [0.25, 0.3) is 0 Å². The molecule has 0 N–H and O–H groups in total. The number of hydrogen-bond acceptors (Lipinski definition) is 2. The molecule has 0 unspecified atom stereocenters. The summed E-state index contributed by atoms with van der Waals surface area (Å²) >= 11 is 0. The highest BCUT2D eigenvalue weighted by molar-refractivity contribution is 5.66. The summed E-state index contributed by atoms with van der Waals surface area (Å²) in [6.45, 7) is 8.41. The van der Waals surface area contributed by atoms with E-state index in [0.29, 0.717) is 6.42 Å². The first-order chi connectivity index (χ1) is 5.48. The van der Waals surface area contributed by atoms with Crippen LogP contribution in [0.15, 0.2) is 12.7 Å². The van der Waals surface area contributed by atoms with Crippen molar-refractivity contribution in [1.82, 2.24) is 0 Å². The predicted molar refractivity (Wildman–Crippen MR) is 48.4 cm³/mol. The first-order valence-electron chi connectivity index (χ1n) is 3.78. The number of carbonyl (C=O) groups is 1. The van der Waals surface area contributed by atoms with E-state index in [1.807, 2.05) is 0 Å². The van der Waals surface area contributed by atoms with Gasteiger partial charge in [-0.2, -0.15) is 0 Å². The minimum atomic E-state index is -0.686. The van der Waals surface area contributed by atoms with E-state index in [1.165, 1.54) is 6.92 Å². The molecule has 0 aromatic carbocycles. The smallest absolute Gasteiger partial charge is 0.304 e. The Morgan fingerprint density at radius 3 is 2.67 bits per heavy atom. The van der Waals surface area contributed by atoms with Crippen LogP contribution in [0.3, 0.4) is 0 Å². The third kappa shape index (κ3) is 5.55. The molecule has 0 rings (SSSR count). The van der Waals surface area contributed by atoms with E-state index in [1.54, 1.807) is 19.9 Å². The Labute approximate surface area is 73.6 Å². The highest BCUT2D eigenvalue weighted by atomic mass is 16.6. The van der Waals surface area contributed by atoms with Gasteiger partial charge in [0.2, 0.25) is 0 Å². The summed E-state index contributed by atoms with van der Waals surface area (Å²) in [6.07, 6.45) is 2.32. The van der Waals surface area contributed by atoms with Crippen LogP contribution < -0.4 is 0 Å². The van der Waals surface area contributed by atoms with Crippen LogP contribution in [0, 0.1) is 11.8 Å². The predicted octanol–water partition coefficient (Wildman–Crippen LogP) is 1.91. The second-order valence-corrected chi connectivity index (χ2v) is 2.90. The Morgan fingerprint density at radius 1 is 1.67 bits per heavy atom. The van der Waals surface area contributed by atoms with E-state index < -0.39 is 5.60 Å². The summed E-state index contributed by atoms with van der Waals surface area (Å²) in [5, 5.41) is 0. The first kappa shape index (κ1) is 10.8. The Bertz CT molecular complexity index is 228. The number of rotatable bonds is 2. The van der Waals surface area contributed by atoms with Gasteiger partial charge in [0, 0.05) is 13.3 Å². The summed E-state index contributed by atoms with van der Waals surface area (Å²) in [4.78, 5) is 10.6. The van der Waals surface area contributed by atoms with E-state index in [2.05, 4.69) is 18.4 Å². The molecule has 2 heteroatoms. The molecule has 2 nitrogen and oxygen atoms in total. The molecular formula is C10H14O2. The molecule has 0 saturated heterocycles. The van der Waals surface area contributed by atoms with Crippen molar-refractivity contribution in [2.45, 2.75) is 32.8 Å². The average Bonchev–Trinajstić information content (AvgIpc) is 1.84. The molecule has 0 aliphatic rings. The fourth-order valence-electron chi connectivity index (χ4n) is 0.721. The van der Waals surface area contributed by atoms with Crippen molar-refractivity contribution in [2.24, 2.45) is 0 Å². The van der Waals surface area contributed by atoms with Crippen LogP contribution in [0.2, 0.25) is 0 Å². The monoisotopic (exact) mass is 166 g/mol. The molecule has 0 aliphatic heterocycles. The summed E-state index contributed by atoms with van der Waals surface area (Å²) in [6, 6.07) is 0. The van der Waals surface area contributed by atoms with E-state index in [4.69, 9.17) is 4.74 Å². The van der Waals surface area contributed by atoms with Gasteiger partial charge < -0.3 is 4.74 Å². The van der Waals surface area contributed by atoms with Crippen molar-refractivity contribution in [3.8, 4) is 11.8 Å². The topological polar surface area (TPSA) is 26.3 Å². The molecule has 0 aromatic rings. The summed E-state index contributed by atoms with van der Waals surface area (Å²) in [7, 11) is 0. The third-order valence-corrected chi connectivity index (χ3v) is 1.03. The maximum atomic E-state index is 10.6. The lowest BCUT2D eigenvalue weighted by atomic mass is 10.1. The quantitative estimate of drug-likeness (QED) is 0.356. The molecule has 0 atom stereocenters. The molecule has 0 aromatic heterocycles. The molecular weight excluding hydrogens is 152 g/mol. The van der Waals surface area contributed by atoms with Crippen molar-refractivity contribution in [3.63, 3.8) is 0 Å². The van der Waals surface area contributed by atoms with E-state index >= 15 is 0 Å². The molecule has 0 fully saturated rings. The fourth-order valence-corrected chi connectivity index (χ4v) is 0.721. The summed E-state index contributed by atoms with van der Waals surface area (Å²) in [5.41, 5.74) is -0.686. The fraction of sp³-hybridized carbons (Fsp3) is 0.500. The second-order valence-electron chi connectivity index (χ2n) is 2.90. The van der Waals surface area contributed by atoms with Gasteiger partial charge >= 0.3 is 5.97 Å². The molecule has 0 spiro atoms. The van der Waals surface area contributed by atoms with E-state index in [0.717, 1.165) is 0 Å². The van der Waals surface area contributed by atoms with Gasteiger partial charge in [-0.05, 0) is 13.8 Å². The van der Waals surface area contributed by atoms with Gasteiger partial charge in [-0.3, -0.25) is 4.79 Å². The van der Waals surface area contributed by atoms with Crippen molar-refractivity contribution in [1.29, 1.82) is 0 Å². The first-order valence-corrected chi connectivity index (χ1v) is 3.78. The molecule has 0 saturated carbocycles. The Morgan fingerprint density at radius 2 is 2.25 bits per heavy atom. The van der Waals surface area contributed by atoms with Gasteiger partial charge in [-0.25, -0.2) is 0 Å². The lowest BCUT2D eigenvalue weighted by Gasteiger charge is -2.16. The van der Waals surface area contributed by atoms with Gasteiger partial charge in [0.05, 0.1) is 0 Å². The third-order valence-electron chi connectivity index (χ3n) is 1.03. The SMILES string of the molecule is C=CCC#CC(C)(C)OC(C)=O. The van der Waals surface area contributed by atoms with Crippen LogP contribution in [-0.4, -0.2) is 11.6 Å². The number of carbonyl (C=O) groups excluding carboxylic acids is 1. The Balaban J connectivity index is 4.13. The molecule has 0 heterocycles. The van der Waals surface area contributed by atoms with Gasteiger partial charge in [-0.1, -0.05) is 17.9 Å². The molecule has 0 radical (unpaired) electrons. The Hall–Kier alpha value is -1.23. The molecule has 0 bridgehead atoms. The lowest BCUT2D eigenvalue weighted by Crippen LogP contribution is -2.24. The molecule has 66 valence electrons. The van der Waals surface area contributed by atoms with Crippen LogP contribution in [0.4, 0.5) is 0 Å². The van der Waals surface area contributed by atoms with Crippen molar-refractivity contribution in [3.05, 3.63) is 12.7 Å². The van der Waals surface area contributed by atoms with Crippen LogP contribution in [0.5, 0.6) is 0 Å². The van der Waals surface area contributed by atoms with Gasteiger partial charge in [-0.15, -0.1) is 6.58 Å².